The number of allylic oxidation sites excluding steroid dienone is 10. The molecule has 0 saturated heterocycles. The normalized spacial score (nSPS) is 28.1. The molecule has 0 aromatic carbocycles. The molecule has 2 bridgehead atoms. The number of aliphatic hydroxyl groups excluding tert-OH is 1. The molecule has 4 nitrogen and oxygen atoms in total. The van der Waals surface area contributed by atoms with Crippen LogP contribution in [0.2, 0.25) is 0 Å². The minimum absolute atomic E-state index is 0.0762. The number of hydrogen-bond acceptors (Lipinski definition) is 4. The molecule has 2 aliphatic rings. The monoisotopic (exact) mass is 550 g/mol. The summed E-state index contributed by atoms with van der Waals surface area (Å²) in [6.07, 6.45) is 11.7. The average molecular weight is 551 g/mol. The summed E-state index contributed by atoms with van der Waals surface area (Å²) in [7, 11) is 0. The Morgan fingerprint density at radius 3 is 1.95 bits per heavy atom. The minimum atomic E-state index is -1.85. The molecule has 0 radical (unpaired) electrons. The maximum atomic E-state index is 15.2. The molecule has 0 aromatic rings. The number of hydrogen-bond donors (Lipinski definition) is 1. The van der Waals surface area contributed by atoms with Gasteiger partial charge < -0.3 is 5.11 Å². The van der Waals surface area contributed by atoms with Crippen LogP contribution in [0.4, 0.5) is 0 Å². The van der Waals surface area contributed by atoms with E-state index in [1.165, 1.54) is 11.1 Å². The molecule has 0 heterocycles. The molecule has 1 fully saturated rings. The lowest BCUT2D eigenvalue weighted by Gasteiger charge is -2.53. The van der Waals surface area contributed by atoms with Crippen molar-refractivity contribution in [3.63, 3.8) is 0 Å². The summed E-state index contributed by atoms with van der Waals surface area (Å²) in [5.74, 6) is -1.84. The molecule has 2 rings (SSSR count). The molecule has 0 amide bonds. The van der Waals surface area contributed by atoms with Crippen LogP contribution in [0.25, 0.3) is 0 Å². The van der Waals surface area contributed by atoms with Crippen molar-refractivity contribution in [2.45, 2.75) is 121 Å². The molecule has 4 atom stereocenters. The fourth-order valence-corrected chi connectivity index (χ4v) is 6.90. The predicted molar refractivity (Wildman–Crippen MR) is 166 cm³/mol. The summed E-state index contributed by atoms with van der Waals surface area (Å²) in [5.41, 5.74) is 0.586. The molecule has 2 aliphatic carbocycles. The third kappa shape index (κ3) is 6.06. The molecule has 222 valence electrons. The lowest BCUT2D eigenvalue weighted by atomic mass is 9.45. The largest absolute Gasteiger partial charge is 0.511 e. The van der Waals surface area contributed by atoms with Crippen LogP contribution in [0.5, 0.6) is 0 Å². The Morgan fingerprint density at radius 1 is 0.900 bits per heavy atom. The first-order chi connectivity index (χ1) is 18.5. The molecule has 4 heteroatoms. The van der Waals surface area contributed by atoms with Gasteiger partial charge in [0.1, 0.15) is 5.76 Å². The van der Waals surface area contributed by atoms with Crippen molar-refractivity contribution in [1.82, 2.24) is 0 Å². The van der Waals surface area contributed by atoms with Gasteiger partial charge in [-0.3, -0.25) is 14.4 Å². The molecule has 40 heavy (non-hydrogen) atoms. The molecule has 0 aliphatic heterocycles. The zero-order chi connectivity index (χ0) is 30.6. The standard InChI is InChI=1S/C36H54O4/c1-23(2)13-12-20-34(11)28(16-14-24(3)4)19-22-35(21-18-26(7)8)31(38)29(17-15-25(5)6)32(39)36(34,33(35)40)30(37)27(9)10/h13-15,18,27-28,38H,12,16-17,19-22H2,1-11H3. The van der Waals surface area contributed by atoms with E-state index < -0.39 is 27.9 Å². The van der Waals surface area contributed by atoms with Crippen molar-refractivity contribution in [3.8, 4) is 0 Å². The van der Waals surface area contributed by atoms with Crippen molar-refractivity contribution < 1.29 is 19.5 Å². The summed E-state index contributed by atoms with van der Waals surface area (Å²) in [5, 5.41) is 11.9. The number of ketones is 3. The van der Waals surface area contributed by atoms with Gasteiger partial charge in [0.2, 0.25) is 0 Å². The number of carbonyl (C=O) groups excluding carboxylic acids is 3. The Balaban J connectivity index is 3.12. The van der Waals surface area contributed by atoms with E-state index in [2.05, 4.69) is 26.0 Å². The fourth-order valence-electron chi connectivity index (χ4n) is 6.90. The summed E-state index contributed by atoms with van der Waals surface area (Å²) in [6.45, 7) is 21.7. The molecule has 4 unspecified atom stereocenters. The van der Waals surface area contributed by atoms with Crippen LogP contribution in [0, 0.1) is 28.1 Å². The highest BCUT2D eigenvalue weighted by atomic mass is 16.3. The van der Waals surface area contributed by atoms with Crippen LogP contribution < -0.4 is 0 Å². The van der Waals surface area contributed by atoms with Crippen LogP contribution in [0.15, 0.2) is 57.9 Å². The van der Waals surface area contributed by atoms with E-state index in [0.717, 1.165) is 11.1 Å². The molecule has 0 aromatic heterocycles. The van der Waals surface area contributed by atoms with Gasteiger partial charge in [-0.2, -0.15) is 0 Å². The van der Waals surface area contributed by atoms with Gasteiger partial charge in [0.15, 0.2) is 22.8 Å². The molecule has 1 N–H and O–H groups in total. The Hall–Kier alpha value is -2.49. The quantitative estimate of drug-likeness (QED) is 0.205. The number of rotatable bonds is 11. The topological polar surface area (TPSA) is 71.4 Å². The van der Waals surface area contributed by atoms with E-state index in [0.29, 0.717) is 32.1 Å². The highest BCUT2D eigenvalue weighted by Gasteiger charge is 2.73. The van der Waals surface area contributed by atoms with Gasteiger partial charge >= 0.3 is 0 Å². The van der Waals surface area contributed by atoms with Crippen LogP contribution in [0.3, 0.4) is 0 Å². The molecular formula is C36H54O4. The van der Waals surface area contributed by atoms with Gasteiger partial charge in [0, 0.05) is 11.5 Å². The van der Waals surface area contributed by atoms with Gasteiger partial charge in [-0.1, -0.05) is 67.4 Å². The summed E-state index contributed by atoms with van der Waals surface area (Å²) >= 11 is 0. The van der Waals surface area contributed by atoms with Crippen LogP contribution in [0.1, 0.15) is 121 Å². The highest BCUT2D eigenvalue weighted by Crippen LogP contribution is 2.65. The number of carbonyl (C=O) groups is 3. The molecule has 0 spiro atoms. The van der Waals surface area contributed by atoms with Crippen LogP contribution in [-0.4, -0.2) is 22.5 Å². The van der Waals surface area contributed by atoms with Gasteiger partial charge in [0.25, 0.3) is 0 Å². The maximum absolute atomic E-state index is 15.2. The van der Waals surface area contributed by atoms with Crippen molar-refractivity contribution in [1.29, 1.82) is 0 Å². The fraction of sp³-hybridized carbons (Fsp3) is 0.639. The Labute approximate surface area is 243 Å². The van der Waals surface area contributed by atoms with Crippen molar-refractivity contribution in [2.75, 3.05) is 0 Å². The molecule has 1 saturated carbocycles. The zero-order valence-electron chi connectivity index (χ0n) is 27.1. The van der Waals surface area contributed by atoms with E-state index in [4.69, 9.17) is 0 Å². The Bertz CT molecular complexity index is 1160. The number of Topliss-reactive ketones (excluding diaryl/α,β-unsaturated/α-hetero) is 3. The first-order valence-electron chi connectivity index (χ1n) is 15.1. The van der Waals surface area contributed by atoms with Crippen molar-refractivity contribution in [3.05, 3.63) is 57.9 Å². The summed E-state index contributed by atoms with van der Waals surface area (Å²) in [4.78, 5) is 44.8. The van der Waals surface area contributed by atoms with Gasteiger partial charge in [-0.05, 0) is 112 Å². The lowest BCUT2D eigenvalue weighted by Crippen LogP contribution is -2.65. The third-order valence-electron chi connectivity index (χ3n) is 9.30. The second-order valence-electron chi connectivity index (χ2n) is 13.8. The predicted octanol–water partition coefficient (Wildman–Crippen LogP) is 9.38. The van der Waals surface area contributed by atoms with E-state index in [1.54, 1.807) is 13.8 Å². The zero-order valence-corrected chi connectivity index (χ0v) is 27.1. The van der Waals surface area contributed by atoms with Gasteiger partial charge in [-0.15, -0.1) is 0 Å². The van der Waals surface area contributed by atoms with Gasteiger partial charge in [-0.25, -0.2) is 0 Å². The number of fused-ring (bicyclic) bond motifs is 2. The smallest absolute Gasteiger partial charge is 0.184 e. The Morgan fingerprint density at radius 2 is 1.45 bits per heavy atom. The van der Waals surface area contributed by atoms with Crippen molar-refractivity contribution in [2.24, 2.45) is 28.1 Å². The maximum Gasteiger partial charge on any atom is 0.184 e. The van der Waals surface area contributed by atoms with E-state index in [-0.39, 0.29) is 41.7 Å². The number of aliphatic hydroxyl groups is 1. The van der Waals surface area contributed by atoms with Crippen LogP contribution in [-0.2, 0) is 14.4 Å². The first kappa shape index (κ1) is 33.7. The van der Waals surface area contributed by atoms with E-state index in [1.807, 2.05) is 60.6 Å². The molecular weight excluding hydrogens is 496 g/mol. The van der Waals surface area contributed by atoms with Gasteiger partial charge in [0.05, 0.1) is 5.41 Å². The summed E-state index contributed by atoms with van der Waals surface area (Å²) < 4.78 is 0. The van der Waals surface area contributed by atoms with E-state index in [9.17, 15) is 14.7 Å². The third-order valence-corrected chi connectivity index (χ3v) is 9.30. The first-order valence-corrected chi connectivity index (χ1v) is 15.1. The summed E-state index contributed by atoms with van der Waals surface area (Å²) in [6, 6.07) is 0. The minimum Gasteiger partial charge on any atom is -0.511 e. The average Bonchev–Trinajstić information content (AvgIpc) is 2.90. The second kappa shape index (κ2) is 13.0. The SMILES string of the molecule is CC(C)=CCCC1(C)C(CC=C(C)C)CCC2(CC=C(C)C)C(=O)C1(C(=O)C(C)C)C(=O)C(CC=C(C)C)=C2O. The Kier molecular flexibility index (Phi) is 11.0. The highest BCUT2D eigenvalue weighted by molar-refractivity contribution is 6.33. The second-order valence-corrected chi connectivity index (χ2v) is 13.8. The van der Waals surface area contributed by atoms with Crippen molar-refractivity contribution >= 4 is 17.3 Å². The lowest BCUT2D eigenvalue weighted by molar-refractivity contribution is -0.167. The van der Waals surface area contributed by atoms with Crippen LogP contribution >= 0.6 is 0 Å². The van der Waals surface area contributed by atoms with E-state index >= 15 is 4.79 Å².